The van der Waals surface area contributed by atoms with Crippen LogP contribution in [0.4, 0.5) is 0 Å². The molecule has 0 aromatic rings. The fourth-order valence-corrected chi connectivity index (χ4v) is 9.87. The summed E-state index contributed by atoms with van der Waals surface area (Å²) in [7, 11) is 0. The van der Waals surface area contributed by atoms with Gasteiger partial charge in [-0.3, -0.25) is 38.4 Å². The van der Waals surface area contributed by atoms with Gasteiger partial charge in [0.1, 0.15) is 0 Å². The van der Waals surface area contributed by atoms with E-state index in [2.05, 4.69) is 55.4 Å². The van der Waals surface area contributed by atoms with Gasteiger partial charge in [-0.25, -0.2) is 0 Å². The van der Waals surface area contributed by atoms with Crippen molar-refractivity contribution in [2.75, 3.05) is 0 Å². The molecule has 0 atom stereocenters. The van der Waals surface area contributed by atoms with Gasteiger partial charge < -0.3 is 40.9 Å². The van der Waals surface area contributed by atoms with Crippen molar-refractivity contribution in [3.8, 4) is 0 Å². The molecule has 0 amide bonds. The topological polar surface area (TPSA) is 298 Å². The van der Waals surface area contributed by atoms with Crippen molar-refractivity contribution in [3.05, 3.63) is 0 Å². The first kappa shape index (κ1) is 112. The van der Waals surface area contributed by atoms with E-state index in [9.17, 15) is 38.4 Å². The van der Waals surface area contributed by atoms with Gasteiger partial charge in [0, 0.05) is 51.4 Å². The molecule has 0 aliphatic carbocycles. The van der Waals surface area contributed by atoms with Gasteiger partial charge in [-0.1, -0.05) is 364 Å². The predicted octanol–water partition coefficient (Wildman–Crippen LogP) is 25.3. The summed E-state index contributed by atoms with van der Waals surface area (Å²) in [4.78, 5) is 81.1. The molecule has 0 aliphatic rings. The number of unbranched alkanes of at least 4 members (excludes halogenated alkanes) is 48. The number of carboxylic acid groups (broad SMARTS) is 8. The third-order valence-corrected chi connectivity index (χ3v) is 16.0. The van der Waals surface area contributed by atoms with Gasteiger partial charge in [0.2, 0.25) is 0 Å². The second-order valence-electron chi connectivity index (χ2n) is 26.1. The fraction of sp³-hybridized carbons (Fsp3) is 0.900. The normalized spacial score (nSPS) is 9.98. The number of aliphatic carboxylic acids is 8. The van der Waals surface area contributed by atoms with E-state index in [0.29, 0.717) is 51.4 Å². The average Bonchev–Trinajstić information content (AvgIpc) is 3.54. The summed E-state index contributed by atoms with van der Waals surface area (Å²) in [5.41, 5.74) is 0. The summed E-state index contributed by atoms with van der Waals surface area (Å²) in [5.74, 6) is -5.31. The summed E-state index contributed by atoms with van der Waals surface area (Å²) in [5, 5.41) is 66.8. The Morgan fingerprint density at radius 2 is 0.196 bits per heavy atom. The molecule has 0 bridgehead atoms. The van der Waals surface area contributed by atoms with Crippen molar-refractivity contribution < 1.29 is 79.2 Å². The van der Waals surface area contributed by atoms with Gasteiger partial charge in [-0.15, -0.1) is 0 Å². The molecule has 0 radical (unpaired) electrons. The fourth-order valence-electron chi connectivity index (χ4n) is 9.87. The molecule has 0 aromatic carbocycles. The number of hydrogen-bond acceptors (Lipinski definition) is 8. The number of carbonyl (C=O) groups is 8. The Hall–Kier alpha value is -3.47. The van der Waals surface area contributed by atoms with Crippen molar-refractivity contribution in [3.63, 3.8) is 0 Å². The van der Waals surface area contributed by atoms with Crippen LogP contribution >= 0.6 is 0 Å². The Balaban J connectivity index is -0.000000130. The first-order valence-electron chi connectivity index (χ1n) is 39.9. The van der Waals surface area contributed by atoms with Crippen LogP contribution in [-0.4, -0.2) is 112 Å². The zero-order valence-corrected chi connectivity index (χ0v) is 66.2. The zero-order chi connectivity index (χ0) is 73.9. The Morgan fingerprint density at radius 3 is 0.258 bits per heavy atom. The molecular formula is C80H160MgO16+2. The van der Waals surface area contributed by atoms with Crippen LogP contribution < -0.4 is 0 Å². The van der Waals surface area contributed by atoms with Crippen molar-refractivity contribution >= 4 is 70.8 Å². The quantitative estimate of drug-likeness (QED) is 0.0207. The second-order valence-corrected chi connectivity index (χ2v) is 26.1. The molecular weight excluding hydrogens is 1240 g/mol. The smallest absolute Gasteiger partial charge is 0.481 e. The van der Waals surface area contributed by atoms with Gasteiger partial charge in [0.05, 0.1) is 0 Å². The van der Waals surface area contributed by atoms with Crippen molar-refractivity contribution in [2.24, 2.45) is 0 Å². The predicted molar refractivity (Wildman–Crippen MR) is 408 cm³/mol. The molecule has 0 heterocycles. The minimum Gasteiger partial charge on any atom is -0.481 e. The monoisotopic (exact) mass is 1400 g/mol. The van der Waals surface area contributed by atoms with Crippen LogP contribution in [0.15, 0.2) is 0 Å². The van der Waals surface area contributed by atoms with E-state index in [1.807, 2.05) is 0 Å². The van der Waals surface area contributed by atoms with Gasteiger partial charge >= 0.3 is 70.8 Å². The molecule has 0 saturated heterocycles. The van der Waals surface area contributed by atoms with Gasteiger partial charge in [0.15, 0.2) is 0 Å². The molecule has 97 heavy (non-hydrogen) atoms. The Bertz CT molecular complexity index is 1230. The standard InChI is InChI=1S/8C10H20O2.Mg/c8*1-2-3-4-5-6-7-8-9-10(11)12;/h8*2-9H2,1H3,(H,11,12);/q;;;;;;;;+2. The molecule has 0 aromatic heterocycles. The second kappa shape index (κ2) is 108. The van der Waals surface area contributed by atoms with Crippen LogP contribution in [0, 0.1) is 0 Å². The zero-order valence-electron chi connectivity index (χ0n) is 64.8. The molecule has 0 fully saturated rings. The minimum atomic E-state index is -0.663. The van der Waals surface area contributed by atoms with Crippen LogP contribution in [0.2, 0.25) is 0 Å². The van der Waals surface area contributed by atoms with Crippen molar-refractivity contribution in [2.45, 2.75) is 466 Å². The third kappa shape index (κ3) is 161. The number of rotatable bonds is 64. The minimum absolute atomic E-state index is 0. The van der Waals surface area contributed by atoms with E-state index in [1.165, 1.54) is 257 Å². The van der Waals surface area contributed by atoms with Gasteiger partial charge in [-0.2, -0.15) is 0 Å². The first-order chi connectivity index (χ1) is 46.2. The van der Waals surface area contributed by atoms with Gasteiger partial charge in [-0.05, 0) is 51.4 Å². The first-order valence-corrected chi connectivity index (χ1v) is 39.9. The maximum atomic E-state index is 10.1. The number of hydrogen-bond donors (Lipinski definition) is 8. The summed E-state index contributed by atoms with van der Waals surface area (Å²) in [6.07, 6.45) is 69.1. The largest absolute Gasteiger partial charge is 2.00 e. The molecule has 0 aliphatic heterocycles. The maximum absolute atomic E-state index is 10.1. The maximum Gasteiger partial charge on any atom is 2.00 e. The Labute approximate surface area is 613 Å². The van der Waals surface area contributed by atoms with Crippen molar-refractivity contribution in [1.82, 2.24) is 0 Å². The van der Waals surface area contributed by atoms with E-state index in [-0.39, 0.29) is 23.1 Å². The van der Waals surface area contributed by atoms with Gasteiger partial charge in [0.25, 0.3) is 0 Å². The van der Waals surface area contributed by atoms with Crippen molar-refractivity contribution in [1.29, 1.82) is 0 Å². The molecule has 17 heteroatoms. The molecule has 0 rings (SSSR count). The van der Waals surface area contributed by atoms with Crippen LogP contribution in [-0.2, 0) is 38.4 Å². The number of carboxylic acids is 8. The van der Waals surface area contributed by atoms with E-state index in [4.69, 9.17) is 40.9 Å². The molecule has 0 spiro atoms. The van der Waals surface area contributed by atoms with Crippen LogP contribution in [0.3, 0.4) is 0 Å². The molecule has 8 N–H and O–H groups in total. The third-order valence-electron chi connectivity index (χ3n) is 16.0. The molecule has 16 nitrogen and oxygen atoms in total. The molecule has 0 saturated carbocycles. The summed E-state index contributed by atoms with van der Waals surface area (Å²) < 4.78 is 0. The van der Waals surface area contributed by atoms with E-state index >= 15 is 0 Å². The van der Waals surface area contributed by atoms with E-state index in [1.54, 1.807) is 0 Å². The summed E-state index contributed by atoms with van der Waals surface area (Å²) in [6.45, 7) is 17.6. The average molecular weight is 1400 g/mol. The Morgan fingerprint density at radius 1 is 0.134 bits per heavy atom. The van der Waals surface area contributed by atoms with Crippen LogP contribution in [0.1, 0.15) is 466 Å². The van der Waals surface area contributed by atoms with E-state index in [0.717, 1.165) is 103 Å². The Kier molecular flexibility index (Phi) is 125. The molecule has 576 valence electrons. The summed E-state index contributed by atoms with van der Waals surface area (Å²) in [6, 6.07) is 0. The molecule has 0 unspecified atom stereocenters. The summed E-state index contributed by atoms with van der Waals surface area (Å²) >= 11 is 0. The SMILES string of the molecule is CCCCCCCCCC(=O)O.CCCCCCCCCC(=O)O.CCCCCCCCCC(=O)O.CCCCCCCCCC(=O)O.CCCCCCCCCC(=O)O.CCCCCCCCCC(=O)O.CCCCCCCCCC(=O)O.CCCCCCCCCC(=O)O.[Mg+2]. The van der Waals surface area contributed by atoms with E-state index < -0.39 is 47.8 Å². The van der Waals surface area contributed by atoms with Crippen LogP contribution in [0.25, 0.3) is 0 Å². The van der Waals surface area contributed by atoms with Crippen LogP contribution in [0.5, 0.6) is 0 Å².